The number of aromatic nitrogens is 5. The number of amides is 1. The highest BCUT2D eigenvalue weighted by atomic mass is 32.1. The van der Waals surface area contributed by atoms with Gasteiger partial charge in [-0.15, -0.1) is 21.5 Å². The molecule has 1 aromatic carbocycles. The molecule has 8 rings (SSSR count). The Morgan fingerprint density at radius 1 is 1.15 bits per heavy atom. The minimum atomic E-state index is -0.721. The highest BCUT2D eigenvalue weighted by Gasteiger charge is 2.27. The molecule has 1 saturated heterocycles. The van der Waals surface area contributed by atoms with Crippen LogP contribution in [0.4, 0.5) is 23.3 Å². The summed E-state index contributed by atoms with van der Waals surface area (Å²) in [7, 11) is 0. The van der Waals surface area contributed by atoms with E-state index in [9.17, 15) is 14.7 Å². The third-order valence-electron chi connectivity index (χ3n) is 8.71. The number of benzene rings is 1. The van der Waals surface area contributed by atoms with Crippen molar-refractivity contribution in [1.29, 1.82) is 0 Å². The zero-order valence-electron chi connectivity index (χ0n) is 24.7. The normalized spacial score (nSPS) is 18.8. The van der Waals surface area contributed by atoms with E-state index in [1.54, 1.807) is 10.5 Å². The highest BCUT2D eigenvalue weighted by Crippen LogP contribution is 2.40. The number of H-pyrrole nitrogens is 1. The summed E-state index contributed by atoms with van der Waals surface area (Å²) >= 11 is 1.34. The fourth-order valence-electron chi connectivity index (χ4n) is 6.40. The van der Waals surface area contributed by atoms with Crippen LogP contribution in [0.2, 0.25) is 0 Å². The molecule has 2 fully saturated rings. The number of thiophene rings is 1. The van der Waals surface area contributed by atoms with Gasteiger partial charge in [0.05, 0.1) is 30.9 Å². The van der Waals surface area contributed by atoms with Crippen LogP contribution in [0.5, 0.6) is 0 Å². The first kappa shape index (κ1) is 28.5. The van der Waals surface area contributed by atoms with Gasteiger partial charge in [-0.3, -0.25) is 14.0 Å². The Balaban J connectivity index is 1.24. The summed E-state index contributed by atoms with van der Waals surface area (Å²) in [6.45, 7) is 2.40. The number of carbonyl (C=O) groups excluding carboxylic acids is 1. The first-order valence-corrected chi connectivity index (χ1v) is 16.1. The number of aromatic amines is 1. The van der Waals surface area contributed by atoms with Crippen LogP contribution in [0.15, 0.2) is 51.4 Å². The molecule has 1 amide bonds. The van der Waals surface area contributed by atoms with Gasteiger partial charge in [-0.1, -0.05) is 12.8 Å². The average Bonchev–Trinajstić information content (AvgIpc) is 3.82. The zero-order chi connectivity index (χ0) is 31.4. The number of hydrogen-bond donors (Lipinski definition) is 5. The summed E-state index contributed by atoms with van der Waals surface area (Å²) in [5.41, 5.74) is 9.61. The minimum Gasteiger partial charge on any atom is -0.439 e. The largest absolute Gasteiger partial charge is 0.439 e. The second-order valence-corrected chi connectivity index (χ2v) is 12.5. The van der Waals surface area contributed by atoms with Gasteiger partial charge in [-0.2, -0.15) is 4.98 Å². The maximum Gasteiger partial charge on any atom is 0.256 e. The van der Waals surface area contributed by atoms with E-state index in [-0.39, 0.29) is 28.5 Å². The van der Waals surface area contributed by atoms with Crippen molar-refractivity contribution in [2.24, 2.45) is 5.73 Å². The maximum absolute atomic E-state index is 13.2. The van der Waals surface area contributed by atoms with Gasteiger partial charge in [0.2, 0.25) is 11.4 Å². The van der Waals surface area contributed by atoms with Crippen LogP contribution in [-0.2, 0) is 4.74 Å². The van der Waals surface area contributed by atoms with Crippen LogP contribution in [-0.4, -0.2) is 74.0 Å². The number of hydrogen-bond acceptors (Lipinski definition) is 12. The number of fused-ring (bicyclic) bond motifs is 3. The molecular formula is C31H31N9O5S. The molecule has 14 nitrogen and oxygen atoms in total. The van der Waals surface area contributed by atoms with Crippen LogP contribution in [0, 0.1) is 0 Å². The number of aliphatic hydroxyl groups excluding tert-OH is 1. The van der Waals surface area contributed by atoms with Gasteiger partial charge < -0.3 is 40.5 Å². The average molecular weight is 642 g/mol. The third kappa shape index (κ3) is 4.92. The number of nitrogens with one attached hydrogen (secondary N) is 3. The Labute approximate surface area is 265 Å². The summed E-state index contributed by atoms with van der Waals surface area (Å²) < 4.78 is 14.0. The number of morpholine rings is 1. The summed E-state index contributed by atoms with van der Waals surface area (Å²) in [6.07, 6.45) is 6.18. The van der Waals surface area contributed by atoms with Crippen LogP contribution in [0.25, 0.3) is 38.0 Å². The van der Waals surface area contributed by atoms with Crippen molar-refractivity contribution < 1.29 is 19.1 Å². The van der Waals surface area contributed by atoms with Crippen molar-refractivity contribution in [2.45, 2.75) is 37.8 Å². The number of anilines is 4. The van der Waals surface area contributed by atoms with Gasteiger partial charge >= 0.3 is 0 Å². The third-order valence-corrected chi connectivity index (χ3v) is 9.69. The number of nitrogens with two attached hydrogens (primary N) is 1. The van der Waals surface area contributed by atoms with Gasteiger partial charge in [0.15, 0.2) is 22.9 Å². The van der Waals surface area contributed by atoms with Crippen molar-refractivity contribution in [3.8, 4) is 11.1 Å². The van der Waals surface area contributed by atoms with Crippen molar-refractivity contribution in [3.05, 3.63) is 58.0 Å². The van der Waals surface area contributed by atoms with Gasteiger partial charge in [0, 0.05) is 52.9 Å². The molecule has 6 heterocycles. The molecule has 2 aliphatic rings. The SMILES string of the molecule is NC(=O)c1c(Nc2cc(-c3csc4c(=O)cc(N5CCOCC5)oc34)c3[nH]ccc3c2)nc(N[C@@H]2CCCC[C@@H]2O)n2cnnc12. The lowest BCUT2D eigenvalue weighted by Crippen LogP contribution is -2.37. The molecule has 2 atom stereocenters. The van der Waals surface area contributed by atoms with Crippen molar-refractivity contribution in [1.82, 2.24) is 24.6 Å². The summed E-state index contributed by atoms with van der Waals surface area (Å²) in [5.74, 6) is 0.361. The second kappa shape index (κ2) is 11.4. The second-order valence-electron chi connectivity index (χ2n) is 11.6. The summed E-state index contributed by atoms with van der Waals surface area (Å²) in [5, 5.41) is 28.3. The molecule has 5 aromatic heterocycles. The lowest BCUT2D eigenvalue weighted by molar-refractivity contribution is 0.100. The van der Waals surface area contributed by atoms with E-state index in [1.165, 1.54) is 17.7 Å². The van der Waals surface area contributed by atoms with Crippen LogP contribution in [0.1, 0.15) is 36.0 Å². The van der Waals surface area contributed by atoms with Crippen molar-refractivity contribution >= 4 is 67.4 Å². The Hall–Kier alpha value is -4.99. The summed E-state index contributed by atoms with van der Waals surface area (Å²) in [4.78, 5) is 36.1. The quantitative estimate of drug-likeness (QED) is 0.170. The number of primary amides is 1. The van der Waals surface area contributed by atoms with E-state index < -0.39 is 12.0 Å². The van der Waals surface area contributed by atoms with Gasteiger partial charge in [-0.05, 0) is 31.0 Å². The molecule has 0 unspecified atom stereocenters. The smallest absolute Gasteiger partial charge is 0.256 e. The number of aliphatic hydroxyl groups is 1. The molecule has 6 aromatic rings. The lowest BCUT2D eigenvalue weighted by atomic mass is 9.93. The van der Waals surface area contributed by atoms with Crippen LogP contribution >= 0.6 is 11.3 Å². The van der Waals surface area contributed by atoms with Gasteiger partial charge in [0.1, 0.15) is 16.6 Å². The fourth-order valence-corrected chi connectivity index (χ4v) is 7.30. The number of carbonyl (C=O) groups is 1. The van der Waals surface area contributed by atoms with E-state index in [0.29, 0.717) is 60.5 Å². The molecule has 0 spiro atoms. The van der Waals surface area contributed by atoms with Crippen LogP contribution < -0.4 is 26.7 Å². The van der Waals surface area contributed by atoms with E-state index in [0.717, 1.165) is 41.3 Å². The predicted molar refractivity (Wildman–Crippen MR) is 175 cm³/mol. The molecule has 6 N–H and O–H groups in total. The molecule has 15 heteroatoms. The minimum absolute atomic E-state index is 0.0742. The monoisotopic (exact) mass is 641 g/mol. The lowest BCUT2D eigenvalue weighted by Gasteiger charge is -2.29. The van der Waals surface area contributed by atoms with Crippen molar-refractivity contribution in [3.63, 3.8) is 0 Å². The topological polar surface area (TPSA) is 189 Å². The predicted octanol–water partition coefficient (Wildman–Crippen LogP) is 3.84. The summed E-state index contributed by atoms with van der Waals surface area (Å²) in [6, 6.07) is 7.12. The van der Waals surface area contributed by atoms with E-state index in [1.807, 2.05) is 34.7 Å². The molecule has 1 saturated carbocycles. The van der Waals surface area contributed by atoms with E-state index >= 15 is 0 Å². The molecule has 0 radical (unpaired) electrons. The first-order valence-electron chi connectivity index (χ1n) is 15.2. The maximum atomic E-state index is 13.2. The molecule has 46 heavy (non-hydrogen) atoms. The molecule has 236 valence electrons. The number of nitrogens with zero attached hydrogens (tertiary/aromatic N) is 5. The van der Waals surface area contributed by atoms with E-state index in [2.05, 4.69) is 25.8 Å². The molecule has 1 aliphatic carbocycles. The Kier molecular flexibility index (Phi) is 7.07. The first-order chi connectivity index (χ1) is 22.4. The molecular weight excluding hydrogens is 610 g/mol. The van der Waals surface area contributed by atoms with E-state index in [4.69, 9.17) is 19.9 Å². The number of ether oxygens (including phenoxy) is 1. The Bertz CT molecular complexity index is 2160. The van der Waals surface area contributed by atoms with Gasteiger partial charge in [0.25, 0.3) is 5.91 Å². The zero-order valence-corrected chi connectivity index (χ0v) is 25.5. The van der Waals surface area contributed by atoms with Crippen LogP contribution in [0.3, 0.4) is 0 Å². The standard InChI is InChI=1S/C31H31N9O5S/c32-28(43)24-29(37-31(40-15-34-38-30(24)40)36-20-3-1-2-4-21(20)41)35-17-11-16-5-6-33-25(16)18(12-17)19-14-46-27-22(42)13-23(45-26(19)27)39-7-9-44-10-8-39/h5-6,11-15,20-21,33,35,41H,1-4,7-10H2,(H2,32,43)(H,36,37)/t20-,21+/m1/s1. The fraction of sp³-hybridized carbons (Fsp3) is 0.323. The van der Waals surface area contributed by atoms with Gasteiger partial charge in [-0.25, -0.2) is 0 Å². The molecule has 1 aliphatic heterocycles. The number of rotatable bonds is 7. The highest BCUT2D eigenvalue weighted by molar-refractivity contribution is 7.17. The molecule has 0 bridgehead atoms. The Morgan fingerprint density at radius 3 is 2.83 bits per heavy atom. The van der Waals surface area contributed by atoms with Crippen molar-refractivity contribution in [2.75, 3.05) is 41.8 Å². The Morgan fingerprint density at radius 2 is 2.00 bits per heavy atom.